The van der Waals surface area contributed by atoms with Crippen LogP contribution in [0, 0.1) is 0 Å². The Hall–Kier alpha value is -1.06. The van der Waals surface area contributed by atoms with Gasteiger partial charge < -0.3 is 14.8 Å². The Morgan fingerprint density at radius 2 is 1.95 bits per heavy atom. The molecule has 1 heterocycles. The zero-order valence-electron chi connectivity index (χ0n) is 13.1. The molecule has 116 valence electrons. The Balaban J connectivity index is 1.47. The fourth-order valence-corrected chi connectivity index (χ4v) is 3.35. The maximum atomic E-state index is 6.01. The van der Waals surface area contributed by atoms with Gasteiger partial charge in [0, 0.05) is 6.54 Å². The van der Waals surface area contributed by atoms with Gasteiger partial charge in [-0.25, -0.2) is 0 Å². The molecule has 21 heavy (non-hydrogen) atoms. The van der Waals surface area contributed by atoms with Crippen molar-refractivity contribution in [3.05, 3.63) is 29.3 Å². The van der Waals surface area contributed by atoms with Crippen LogP contribution in [-0.4, -0.2) is 31.9 Å². The van der Waals surface area contributed by atoms with E-state index in [1.165, 1.54) is 36.8 Å². The number of likely N-dealkylation sites (N-methyl/N-ethyl adjacent to an activating group) is 1. The van der Waals surface area contributed by atoms with Gasteiger partial charge in [-0.2, -0.15) is 0 Å². The fourth-order valence-electron chi connectivity index (χ4n) is 3.35. The Morgan fingerprint density at radius 3 is 2.81 bits per heavy atom. The highest BCUT2D eigenvalue weighted by Gasteiger charge is 2.25. The quantitative estimate of drug-likeness (QED) is 0.873. The van der Waals surface area contributed by atoms with Crippen LogP contribution in [0.25, 0.3) is 0 Å². The molecule has 0 spiro atoms. The van der Waals surface area contributed by atoms with Crippen LogP contribution in [0.1, 0.15) is 43.7 Å². The number of fused-ring (bicyclic) bond motifs is 1. The Bertz CT molecular complexity index is 461. The number of ether oxygens (including phenoxy) is 2. The van der Waals surface area contributed by atoms with Crippen molar-refractivity contribution in [2.24, 2.45) is 0 Å². The summed E-state index contributed by atoms with van der Waals surface area (Å²) in [6, 6.07) is 6.60. The number of rotatable bonds is 6. The number of hydrogen-bond acceptors (Lipinski definition) is 3. The summed E-state index contributed by atoms with van der Waals surface area (Å²) in [5.41, 5.74) is 2.99. The van der Waals surface area contributed by atoms with Crippen molar-refractivity contribution in [2.75, 3.05) is 19.7 Å². The molecule has 2 unspecified atom stereocenters. The van der Waals surface area contributed by atoms with Crippen molar-refractivity contribution in [3.63, 3.8) is 0 Å². The molecule has 0 amide bonds. The van der Waals surface area contributed by atoms with E-state index in [4.69, 9.17) is 9.47 Å². The summed E-state index contributed by atoms with van der Waals surface area (Å²) < 4.78 is 12.0. The molecule has 1 N–H and O–H groups in total. The van der Waals surface area contributed by atoms with Gasteiger partial charge in [-0.05, 0) is 68.3 Å². The maximum absolute atomic E-state index is 6.01. The lowest BCUT2D eigenvalue weighted by molar-refractivity contribution is 0.0188. The molecule has 1 aliphatic heterocycles. The van der Waals surface area contributed by atoms with Crippen molar-refractivity contribution in [2.45, 2.75) is 57.7 Å². The van der Waals surface area contributed by atoms with E-state index in [9.17, 15) is 0 Å². The normalized spacial score (nSPS) is 24.8. The van der Waals surface area contributed by atoms with Gasteiger partial charge in [0.15, 0.2) is 0 Å². The molecule has 1 fully saturated rings. The largest absolute Gasteiger partial charge is 0.491 e. The van der Waals surface area contributed by atoms with Gasteiger partial charge in [-0.15, -0.1) is 0 Å². The smallest absolute Gasteiger partial charge is 0.119 e. The molecule has 3 heteroatoms. The molecule has 1 saturated heterocycles. The minimum atomic E-state index is 0.254. The first-order valence-corrected chi connectivity index (χ1v) is 8.46. The summed E-state index contributed by atoms with van der Waals surface area (Å²) in [5.74, 6) is 1.01. The zero-order valence-corrected chi connectivity index (χ0v) is 13.1. The van der Waals surface area contributed by atoms with E-state index >= 15 is 0 Å². The number of hydrogen-bond donors (Lipinski definition) is 1. The Kier molecular flexibility index (Phi) is 5.15. The zero-order chi connectivity index (χ0) is 14.5. The first-order chi connectivity index (χ1) is 10.3. The second-order valence-corrected chi connectivity index (χ2v) is 6.21. The van der Waals surface area contributed by atoms with E-state index in [0.717, 1.165) is 31.7 Å². The van der Waals surface area contributed by atoms with Crippen LogP contribution in [0.2, 0.25) is 0 Å². The van der Waals surface area contributed by atoms with E-state index in [1.54, 1.807) is 0 Å². The highest BCUT2D eigenvalue weighted by Crippen LogP contribution is 2.26. The standard InChI is InChI=1S/C18H27NO2/c1-2-19-12-17-9-10-18(21-17)13-20-16-8-7-14-5-3-4-6-15(14)11-16/h7-8,11,17-19H,2-6,9-10,12-13H2,1H3. The predicted molar refractivity (Wildman–Crippen MR) is 85.0 cm³/mol. The van der Waals surface area contributed by atoms with Crippen LogP contribution in [0.3, 0.4) is 0 Å². The molecular weight excluding hydrogens is 262 g/mol. The maximum Gasteiger partial charge on any atom is 0.119 e. The Labute approximate surface area is 128 Å². The second-order valence-electron chi connectivity index (χ2n) is 6.21. The van der Waals surface area contributed by atoms with Crippen molar-refractivity contribution in [1.29, 1.82) is 0 Å². The second kappa shape index (κ2) is 7.28. The van der Waals surface area contributed by atoms with E-state index < -0.39 is 0 Å². The summed E-state index contributed by atoms with van der Waals surface area (Å²) >= 11 is 0. The van der Waals surface area contributed by atoms with Gasteiger partial charge in [0.05, 0.1) is 12.2 Å². The number of benzene rings is 1. The van der Waals surface area contributed by atoms with Crippen LogP contribution in [0.15, 0.2) is 18.2 Å². The van der Waals surface area contributed by atoms with Crippen LogP contribution in [0.5, 0.6) is 5.75 Å². The third-order valence-electron chi connectivity index (χ3n) is 4.57. The average Bonchev–Trinajstić information content (AvgIpc) is 2.98. The molecule has 0 saturated carbocycles. The third kappa shape index (κ3) is 3.98. The van der Waals surface area contributed by atoms with Gasteiger partial charge in [0.2, 0.25) is 0 Å². The predicted octanol–water partition coefficient (Wildman–Crippen LogP) is 3.10. The monoisotopic (exact) mass is 289 g/mol. The third-order valence-corrected chi connectivity index (χ3v) is 4.57. The highest BCUT2D eigenvalue weighted by atomic mass is 16.5. The lowest BCUT2D eigenvalue weighted by Crippen LogP contribution is -2.28. The molecule has 3 nitrogen and oxygen atoms in total. The molecule has 1 aliphatic carbocycles. The van der Waals surface area contributed by atoms with Gasteiger partial charge >= 0.3 is 0 Å². The lowest BCUT2D eigenvalue weighted by Gasteiger charge is -2.18. The molecule has 3 rings (SSSR count). The van der Waals surface area contributed by atoms with Crippen LogP contribution in [0.4, 0.5) is 0 Å². The molecular formula is C18H27NO2. The minimum absolute atomic E-state index is 0.254. The van der Waals surface area contributed by atoms with Gasteiger partial charge in [0.1, 0.15) is 12.4 Å². The van der Waals surface area contributed by atoms with Crippen molar-refractivity contribution >= 4 is 0 Å². The summed E-state index contributed by atoms with van der Waals surface area (Å²) in [6.07, 6.45) is 7.95. The van der Waals surface area contributed by atoms with Gasteiger partial charge in [-0.1, -0.05) is 13.0 Å². The highest BCUT2D eigenvalue weighted by molar-refractivity contribution is 5.37. The van der Waals surface area contributed by atoms with Crippen LogP contribution >= 0.6 is 0 Å². The Morgan fingerprint density at radius 1 is 1.14 bits per heavy atom. The van der Waals surface area contributed by atoms with E-state index in [-0.39, 0.29) is 6.10 Å². The SMILES string of the molecule is CCNCC1CCC(COc2ccc3c(c2)CCCC3)O1. The summed E-state index contributed by atoms with van der Waals surface area (Å²) in [5, 5.41) is 3.35. The average molecular weight is 289 g/mol. The molecule has 1 aromatic carbocycles. The van der Waals surface area contributed by atoms with Gasteiger partial charge in [-0.3, -0.25) is 0 Å². The topological polar surface area (TPSA) is 30.5 Å². The molecule has 0 aromatic heterocycles. The molecule has 0 bridgehead atoms. The minimum Gasteiger partial charge on any atom is -0.491 e. The number of nitrogens with one attached hydrogen (secondary N) is 1. The van der Waals surface area contributed by atoms with E-state index in [2.05, 4.69) is 30.4 Å². The lowest BCUT2D eigenvalue weighted by atomic mass is 9.92. The van der Waals surface area contributed by atoms with Crippen LogP contribution < -0.4 is 10.1 Å². The summed E-state index contributed by atoms with van der Waals surface area (Å²) in [7, 11) is 0. The van der Waals surface area contributed by atoms with Gasteiger partial charge in [0.25, 0.3) is 0 Å². The fraction of sp³-hybridized carbons (Fsp3) is 0.667. The molecule has 2 aliphatic rings. The van der Waals surface area contributed by atoms with E-state index in [1.807, 2.05) is 0 Å². The summed E-state index contributed by atoms with van der Waals surface area (Å²) in [6.45, 7) is 4.79. The van der Waals surface area contributed by atoms with Crippen molar-refractivity contribution in [1.82, 2.24) is 5.32 Å². The summed E-state index contributed by atoms with van der Waals surface area (Å²) in [4.78, 5) is 0. The molecule has 2 atom stereocenters. The van der Waals surface area contributed by atoms with Crippen molar-refractivity contribution in [3.8, 4) is 5.75 Å². The molecule has 1 aromatic rings. The van der Waals surface area contributed by atoms with E-state index in [0.29, 0.717) is 12.7 Å². The number of aryl methyl sites for hydroxylation is 2. The molecule has 0 radical (unpaired) electrons. The van der Waals surface area contributed by atoms with Crippen molar-refractivity contribution < 1.29 is 9.47 Å². The first-order valence-electron chi connectivity index (χ1n) is 8.46. The van der Waals surface area contributed by atoms with Crippen LogP contribution in [-0.2, 0) is 17.6 Å². The first kappa shape index (κ1) is 14.9.